The van der Waals surface area contributed by atoms with Gasteiger partial charge < -0.3 is 9.47 Å². The molecule has 0 aliphatic carbocycles. The molecule has 0 fully saturated rings. The van der Waals surface area contributed by atoms with E-state index in [0.29, 0.717) is 6.61 Å². The molecule has 0 radical (unpaired) electrons. The van der Waals surface area contributed by atoms with Crippen LogP contribution in [0.1, 0.15) is 12.5 Å². The molecule has 0 bridgehead atoms. The van der Waals surface area contributed by atoms with Crippen LogP contribution >= 0.6 is 0 Å². The summed E-state index contributed by atoms with van der Waals surface area (Å²) >= 11 is 0. The van der Waals surface area contributed by atoms with E-state index in [1.54, 1.807) is 13.4 Å². The summed E-state index contributed by atoms with van der Waals surface area (Å²) in [4.78, 5) is 0. The lowest BCUT2D eigenvalue weighted by Gasteiger charge is -2.02. The van der Waals surface area contributed by atoms with Crippen molar-refractivity contribution in [2.75, 3.05) is 7.11 Å². The third-order valence-electron chi connectivity index (χ3n) is 1.64. The molecule has 0 aliphatic rings. The van der Waals surface area contributed by atoms with Gasteiger partial charge >= 0.3 is 0 Å². The van der Waals surface area contributed by atoms with Gasteiger partial charge in [-0.3, -0.25) is 0 Å². The average Bonchev–Trinajstić information content (AvgIpc) is 2.19. The van der Waals surface area contributed by atoms with Crippen LogP contribution in [-0.2, 0) is 11.3 Å². The minimum Gasteiger partial charge on any atom is -0.497 e. The Hall–Kier alpha value is -1.44. The highest BCUT2D eigenvalue weighted by Crippen LogP contribution is 2.11. The summed E-state index contributed by atoms with van der Waals surface area (Å²) in [6.45, 7) is 2.53. The van der Waals surface area contributed by atoms with Crippen LogP contribution in [0.2, 0.25) is 0 Å². The zero-order chi connectivity index (χ0) is 9.52. The maximum atomic E-state index is 5.22. The van der Waals surface area contributed by atoms with E-state index in [1.165, 1.54) is 0 Å². The van der Waals surface area contributed by atoms with E-state index in [1.807, 2.05) is 37.3 Å². The molecule has 0 atom stereocenters. The van der Waals surface area contributed by atoms with E-state index < -0.39 is 0 Å². The number of methoxy groups -OCH3 is 1. The lowest BCUT2D eigenvalue weighted by molar-refractivity contribution is 0.236. The predicted molar refractivity (Wildman–Crippen MR) is 52.6 cm³/mol. The Morgan fingerprint density at radius 1 is 1.23 bits per heavy atom. The fourth-order valence-electron chi connectivity index (χ4n) is 0.962. The first-order valence-corrected chi connectivity index (χ1v) is 4.22. The molecule has 1 rings (SSSR count). The predicted octanol–water partition coefficient (Wildman–Crippen LogP) is 2.75. The number of ether oxygens (including phenoxy) is 2. The molecule has 0 spiro atoms. The first kappa shape index (κ1) is 9.65. The molecule has 13 heavy (non-hydrogen) atoms. The minimum absolute atomic E-state index is 0.605. The van der Waals surface area contributed by atoms with Crippen LogP contribution in [0.25, 0.3) is 0 Å². The fourth-order valence-corrected chi connectivity index (χ4v) is 0.962. The van der Waals surface area contributed by atoms with Crippen LogP contribution in [0.4, 0.5) is 0 Å². The van der Waals surface area contributed by atoms with Gasteiger partial charge in [0.2, 0.25) is 0 Å². The van der Waals surface area contributed by atoms with Crippen LogP contribution in [0.5, 0.6) is 5.75 Å². The van der Waals surface area contributed by atoms with E-state index in [4.69, 9.17) is 9.47 Å². The molecule has 0 unspecified atom stereocenters. The van der Waals surface area contributed by atoms with E-state index in [2.05, 4.69) is 0 Å². The maximum Gasteiger partial charge on any atom is 0.118 e. The molecule has 0 N–H and O–H groups in total. The van der Waals surface area contributed by atoms with Gasteiger partial charge in [0.25, 0.3) is 0 Å². The number of benzene rings is 1. The van der Waals surface area contributed by atoms with Crippen molar-refractivity contribution in [2.24, 2.45) is 0 Å². The molecular weight excluding hydrogens is 164 g/mol. The molecule has 2 nitrogen and oxygen atoms in total. The second-order valence-corrected chi connectivity index (χ2v) is 2.63. The summed E-state index contributed by atoms with van der Waals surface area (Å²) < 4.78 is 10.3. The molecule has 0 saturated carbocycles. The minimum atomic E-state index is 0.605. The summed E-state index contributed by atoms with van der Waals surface area (Å²) in [6.07, 6.45) is 3.55. The van der Waals surface area contributed by atoms with Gasteiger partial charge in [0.05, 0.1) is 13.4 Å². The van der Waals surface area contributed by atoms with Gasteiger partial charge in [-0.15, -0.1) is 0 Å². The van der Waals surface area contributed by atoms with Crippen LogP contribution < -0.4 is 4.74 Å². The molecule has 70 valence electrons. The van der Waals surface area contributed by atoms with Crippen LogP contribution in [0.3, 0.4) is 0 Å². The molecule has 2 heteroatoms. The van der Waals surface area contributed by atoms with Crippen LogP contribution in [0.15, 0.2) is 36.6 Å². The number of hydrogen-bond acceptors (Lipinski definition) is 2. The highest BCUT2D eigenvalue weighted by Gasteiger charge is 1.92. The van der Waals surface area contributed by atoms with E-state index in [-0.39, 0.29) is 0 Å². The fraction of sp³-hybridized carbons (Fsp3) is 0.273. The van der Waals surface area contributed by atoms with Crippen LogP contribution in [0, 0.1) is 0 Å². The van der Waals surface area contributed by atoms with Gasteiger partial charge in [-0.2, -0.15) is 0 Å². The Morgan fingerprint density at radius 2 is 1.92 bits per heavy atom. The number of rotatable bonds is 4. The zero-order valence-corrected chi connectivity index (χ0v) is 7.99. The Bertz CT molecular complexity index is 262. The van der Waals surface area contributed by atoms with E-state index >= 15 is 0 Å². The van der Waals surface area contributed by atoms with Crippen molar-refractivity contribution in [3.8, 4) is 5.75 Å². The van der Waals surface area contributed by atoms with Crippen molar-refractivity contribution in [1.82, 2.24) is 0 Å². The quantitative estimate of drug-likeness (QED) is 0.660. The summed E-state index contributed by atoms with van der Waals surface area (Å²) in [5.74, 6) is 0.870. The topological polar surface area (TPSA) is 18.5 Å². The Kier molecular flexibility index (Phi) is 3.89. The first-order valence-electron chi connectivity index (χ1n) is 4.22. The van der Waals surface area contributed by atoms with Crippen molar-refractivity contribution >= 4 is 0 Å². The van der Waals surface area contributed by atoms with Crippen molar-refractivity contribution < 1.29 is 9.47 Å². The van der Waals surface area contributed by atoms with Gasteiger partial charge in [-0.25, -0.2) is 0 Å². The van der Waals surface area contributed by atoms with E-state index in [9.17, 15) is 0 Å². The summed E-state index contributed by atoms with van der Waals surface area (Å²) in [5.41, 5.74) is 1.14. The highest BCUT2D eigenvalue weighted by atomic mass is 16.5. The summed E-state index contributed by atoms with van der Waals surface area (Å²) in [7, 11) is 1.66. The lowest BCUT2D eigenvalue weighted by Crippen LogP contribution is -1.87. The van der Waals surface area contributed by atoms with Crippen LogP contribution in [-0.4, -0.2) is 7.11 Å². The Balaban J connectivity index is 2.49. The lowest BCUT2D eigenvalue weighted by atomic mass is 10.2. The van der Waals surface area contributed by atoms with E-state index in [0.717, 1.165) is 11.3 Å². The van der Waals surface area contributed by atoms with Crippen molar-refractivity contribution in [3.05, 3.63) is 42.2 Å². The number of hydrogen-bond donors (Lipinski definition) is 0. The van der Waals surface area contributed by atoms with Crippen molar-refractivity contribution in [3.63, 3.8) is 0 Å². The van der Waals surface area contributed by atoms with Gasteiger partial charge in [-0.1, -0.05) is 18.2 Å². The molecule has 0 amide bonds. The summed E-state index contributed by atoms with van der Waals surface area (Å²) in [6, 6.07) is 7.83. The SMILES string of the molecule is C/C=C/OCc1ccc(OC)cc1. The normalized spacial score (nSPS) is 10.3. The van der Waals surface area contributed by atoms with Gasteiger partial charge in [-0.05, 0) is 24.6 Å². The molecule has 0 heterocycles. The molecular formula is C11H14O2. The zero-order valence-electron chi connectivity index (χ0n) is 7.99. The molecule has 1 aromatic carbocycles. The highest BCUT2D eigenvalue weighted by molar-refractivity contribution is 5.26. The maximum absolute atomic E-state index is 5.22. The van der Waals surface area contributed by atoms with Gasteiger partial charge in [0.1, 0.15) is 12.4 Å². The second-order valence-electron chi connectivity index (χ2n) is 2.63. The number of allylic oxidation sites excluding steroid dienone is 1. The smallest absolute Gasteiger partial charge is 0.118 e. The largest absolute Gasteiger partial charge is 0.497 e. The Labute approximate surface area is 78.8 Å². The second kappa shape index (κ2) is 5.25. The first-order chi connectivity index (χ1) is 6.36. The molecule has 0 aromatic heterocycles. The average molecular weight is 178 g/mol. The van der Waals surface area contributed by atoms with Crippen molar-refractivity contribution in [2.45, 2.75) is 13.5 Å². The standard InChI is InChI=1S/C11H14O2/c1-3-8-13-9-10-4-6-11(12-2)7-5-10/h3-8H,9H2,1-2H3/b8-3+. The molecule has 0 aliphatic heterocycles. The monoisotopic (exact) mass is 178 g/mol. The van der Waals surface area contributed by atoms with Gasteiger partial charge in [0, 0.05) is 0 Å². The Morgan fingerprint density at radius 3 is 2.46 bits per heavy atom. The van der Waals surface area contributed by atoms with Crippen molar-refractivity contribution in [1.29, 1.82) is 0 Å². The third-order valence-corrected chi connectivity index (χ3v) is 1.64. The third kappa shape index (κ3) is 3.20. The molecule has 0 saturated heterocycles. The van der Waals surface area contributed by atoms with Gasteiger partial charge in [0.15, 0.2) is 0 Å². The summed E-state index contributed by atoms with van der Waals surface area (Å²) in [5, 5.41) is 0. The molecule has 1 aromatic rings.